The summed E-state index contributed by atoms with van der Waals surface area (Å²) in [5.74, 6) is 0.962. The highest BCUT2D eigenvalue weighted by atomic mass is 32.2. The van der Waals surface area contributed by atoms with Gasteiger partial charge in [-0.3, -0.25) is 24.0 Å². The van der Waals surface area contributed by atoms with E-state index in [9.17, 15) is 24.0 Å². The van der Waals surface area contributed by atoms with Crippen molar-refractivity contribution in [2.45, 2.75) is 161 Å². The van der Waals surface area contributed by atoms with Crippen LogP contribution in [0.4, 0.5) is 0 Å². The molecule has 0 spiro atoms. The Morgan fingerprint density at radius 3 is 1.43 bits per heavy atom. The average molecular weight is 906 g/mol. The van der Waals surface area contributed by atoms with Crippen LogP contribution in [0.15, 0.2) is 0 Å². The van der Waals surface area contributed by atoms with Crippen LogP contribution in [-0.2, 0) is 42.9 Å². The van der Waals surface area contributed by atoms with E-state index < -0.39 is 6.04 Å². The zero-order valence-electron chi connectivity index (χ0n) is 38.7. The number of carbonyl (C=O) groups is 5. The summed E-state index contributed by atoms with van der Waals surface area (Å²) in [5, 5.41) is 14.5. The summed E-state index contributed by atoms with van der Waals surface area (Å²) in [5.41, 5.74) is 0. The summed E-state index contributed by atoms with van der Waals surface area (Å²) in [6, 6.07) is -0.702. The first-order chi connectivity index (χ1) is 29.7. The molecule has 14 nitrogen and oxygen atoms in total. The SMILES string of the molecule is CCCCCCCCCCCCCCCCCC(=O)NCCOCCOCCNC(=O)CCOCCOCCNC(=O)[C@H](CCCNC(=O)CSCC)NC(=O)CSC(C)C. The predicted molar refractivity (Wildman–Crippen MR) is 251 cm³/mol. The minimum absolute atomic E-state index is 0.0377. The lowest BCUT2D eigenvalue weighted by molar-refractivity contribution is -0.128. The van der Waals surface area contributed by atoms with Gasteiger partial charge in [-0.15, -0.1) is 11.8 Å². The molecule has 61 heavy (non-hydrogen) atoms. The number of nitrogens with one attached hydrogen (secondary N) is 5. The molecule has 0 rings (SSSR count). The number of hydrogen-bond acceptors (Lipinski definition) is 11. The Balaban J connectivity index is 3.68. The lowest BCUT2D eigenvalue weighted by Gasteiger charge is -2.19. The molecule has 1 atom stereocenters. The van der Waals surface area contributed by atoms with Gasteiger partial charge < -0.3 is 45.5 Å². The number of ether oxygens (including phenoxy) is 4. The molecule has 0 saturated heterocycles. The van der Waals surface area contributed by atoms with Crippen molar-refractivity contribution in [1.82, 2.24) is 26.6 Å². The maximum Gasteiger partial charge on any atom is 0.242 e. The molecule has 0 fully saturated rings. The molecule has 0 radical (unpaired) electrons. The number of thioether (sulfide) groups is 2. The van der Waals surface area contributed by atoms with Crippen molar-refractivity contribution in [3.05, 3.63) is 0 Å². The second-order valence-corrected chi connectivity index (χ2v) is 18.3. The third kappa shape index (κ3) is 44.3. The van der Waals surface area contributed by atoms with Gasteiger partial charge in [0.25, 0.3) is 0 Å². The Morgan fingerprint density at radius 1 is 0.459 bits per heavy atom. The Kier molecular flexibility index (Phi) is 44.3. The zero-order chi connectivity index (χ0) is 44.9. The Bertz CT molecular complexity index is 1080. The molecule has 0 unspecified atom stereocenters. The Morgan fingerprint density at radius 2 is 0.918 bits per heavy atom. The third-order valence-corrected chi connectivity index (χ3v) is 11.5. The van der Waals surface area contributed by atoms with E-state index in [1.807, 2.05) is 20.8 Å². The first kappa shape index (κ1) is 58.9. The van der Waals surface area contributed by atoms with Crippen molar-refractivity contribution in [3.63, 3.8) is 0 Å². The second kappa shape index (κ2) is 45.9. The second-order valence-electron chi connectivity index (χ2n) is 15.5. The minimum Gasteiger partial charge on any atom is -0.379 e. The van der Waals surface area contributed by atoms with Crippen molar-refractivity contribution in [1.29, 1.82) is 0 Å². The van der Waals surface area contributed by atoms with Gasteiger partial charge in [0.2, 0.25) is 29.5 Å². The maximum absolute atomic E-state index is 12.8. The van der Waals surface area contributed by atoms with E-state index in [1.54, 1.807) is 11.8 Å². The van der Waals surface area contributed by atoms with E-state index in [0.29, 0.717) is 89.5 Å². The van der Waals surface area contributed by atoms with Crippen LogP contribution in [0.2, 0.25) is 0 Å². The lowest BCUT2D eigenvalue weighted by Crippen LogP contribution is -2.48. The molecule has 0 aliphatic carbocycles. The highest BCUT2D eigenvalue weighted by molar-refractivity contribution is 8.00. The van der Waals surface area contributed by atoms with Crippen molar-refractivity contribution in [2.24, 2.45) is 0 Å². The molecule has 5 amide bonds. The van der Waals surface area contributed by atoms with Gasteiger partial charge in [-0.05, 0) is 30.3 Å². The normalized spacial score (nSPS) is 11.7. The fourth-order valence-corrected chi connectivity index (χ4v) is 7.12. The summed E-state index contributed by atoms with van der Waals surface area (Å²) in [4.78, 5) is 61.2. The fraction of sp³-hybridized carbons (Fsp3) is 0.889. The molecule has 0 heterocycles. The van der Waals surface area contributed by atoms with Crippen molar-refractivity contribution in [2.75, 3.05) is 96.3 Å². The number of unbranched alkanes of at least 4 members (excludes halogenated alkanes) is 14. The molecule has 5 N–H and O–H groups in total. The van der Waals surface area contributed by atoms with E-state index in [1.165, 1.54) is 95.2 Å². The summed E-state index contributed by atoms with van der Waals surface area (Å²) in [7, 11) is 0. The first-order valence-corrected chi connectivity index (χ1v) is 25.8. The third-order valence-electron chi connectivity index (χ3n) is 9.54. The van der Waals surface area contributed by atoms with Gasteiger partial charge in [-0.1, -0.05) is 118 Å². The number of hydrogen-bond donors (Lipinski definition) is 5. The monoisotopic (exact) mass is 906 g/mol. The van der Waals surface area contributed by atoms with Crippen LogP contribution >= 0.6 is 23.5 Å². The number of rotatable bonds is 46. The van der Waals surface area contributed by atoms with Crippen LogP contribution in [0.1, 0.15) is 150 Å². The summed E-state index contributed by atoms with van der Waals surface area (Å²) >= 11 is 3.05. The highest BCUT2D eigenvalue weighted by Gasteiger charge is 2.20. The Hall–Kier alpha value is -2.11. The first-order valence-electron chi connectivity index (χ1n) is 23.6. The molecule has 0 saturated carbocycles. The molecule has 0 aromatic heterocycles. The van der Waals surface area contributed by atoms with Gasteiger partial charge in [-0.2, -0.15) is 11.8 Å². The van der Waals surface area contributed by atoms with Gasteiger partial charge in [-0.25, -0.2) is 0 Å². The zero-order valence-corrected chi connectivity index (χ0v) is 40.3. The quantitative estimate of drug-likeness (QED) is 0.0431. The van der Waals surface area contributed by atoms with Crippen LogP contribution in [0, 0.1) is 0 Å². The van der Waals surface area contributed by atoms with Crippen LogP contribution in [0.25, 0.3) is 0 Å². The molecule has 16 heteroatoms. The predicted octanol–water partition coefficient (Wildman–Crippen LogP) is 6.33. The summed E-state index contributed by atoms with van der Waals surface area (Å²) in [6.45, 7) is 12.6. The minimum atomic E-state index is -0.702. The largest absolute Gasteiger partial charge is 0.379 e. The van der Waals surface area contributed by atoms with Gasteiger partial charge in [0.05, 0.1) is 64.4 Å². The van der Waals surface area contributed by atoms with Gasteiger partial charge in [0.15, 0.2) is 0 Å². The number of amides is 5. The molecule has 0 aromatic carbocycles. The fourth-order valence-electron chi connectivity index (χ4n) is 6.06. The Labute approximate surface area is 378 Å². The van der Waals surface area contributed by atoms with E-state index >= 15 is 0 Å². The highest BCUT2D eigenvalue weighted by Crippen LogP contribution is 2.14. The summed E-state index contributed by atoms with van der Waals surface area (Å²) < 4.78 is 22.1. The van der Waals surface area contributed by atoms with Gasteiger partial charge >= 0.3 is 0 Å². The maximum atomic E-state index is 12.8. The van der Waals surface area contributed by atoms with E-state index in [0.717, 1.165) is 18.6 Å². The lowest BCUT2D eigenvalue weighted by atomic mass is 10.0. The van der Waals surface area contributed by atoms with Crippen LogP contribution in [0.5, 0.6) is 0 Å². The van der Waals surface area contributed by atoms with E-state index in [2.05, 4.69) is 33.5 Å². The topological polar surface area (TPSA) is 182 Å². The molecule has 0 aliphatic heterocycles. The smallest absolute Gasteiger partial charge is 0.242 e. The standard InChI is InChI=1S/C45H87N5O9S2/c1-5-7-8-9-10-11-12-13-14-15-16-17-18-19-20-23-41(51)47-26-30-57-35-36-58-31-27-48-42(52)24-29-56-33-34-59-32-28-49-45(55)40(50-44(54)38-61-39(3)4)22-21-25-46-43(53)37-60-6-2/h39-40H,5-38H2,1-4H3,(H,46,53)(H,47,51)(H,48,52)(H,49,55)(H,50,54)/t40-/m0/s1. The van der Waals surface area contributed by atoms with E-state index in [-0.39, 0.29) is 61.5 Å². The van der Waals surface area contributed by atoms with Crippen molar-refractivity contribution >= 4 is 53.1 Å². The van der Waals surface area contributed by atoms with Gasteiger partial charge in [0, 0.05) is 39.0 Å². The van der Waals surface area contributed by atoms with Gasteiger partial charge in [0.1, 0.15) is 6.04 Å². The molecule has 0 bridgehead atoms. The average Bonchev–Trinajstić information content (AvgIpc) is 3.24. The van der Waals surface area contributed by atoms with Crippen molar-refractivity contribution < 1.29 is 42.9 Å². The number of carbonyl (C=O) groups excluding carboxylic acids is 5. The van der Waals surface area contributed by atoms with Crippen LogP contribution < -0.4 is 26.6 Å². The molecular weight excluding hydrogens is 819 g/mol. The summed E-state index contributed by atoms with van der Waals surface area (Å²) in [6.07, 6.45) is 21.4. The molecular formula is C45H87N5O9S2. The van der Waals surface area contributed by atoms with E-state index in [4.69, 9.17) is 18.9 Å². The molecule has 0 aromatic rings. The molecule has 358 valence electrons. The van der Waals surface area contributed by atoms with Crippen molar-refractivity contribution in [3.8, 4) is 0 Å². The molecule has 0 aliphatic rings. The van der Waals surface area contributed by atoms with Crippen LogP contribution in [-0.4, -0.2) is 137 Å². The van der Waals surface area contributed by atoms with Crippen LogP contribution in [0.3, 0.4) is 0 Å².